The molecule has 3 unspecified atom stereocenters. The van der Waals surface area contributed by atoms with E-state index in [-0.39, 0.29) is 0 Å². The van der Waals surface area contributed by atoms with Gasteiger partial charge >= 0.3 is 0 Å². The molecule has 11 heavy (non-hydrogen) atoms. The van der Waals surface area contributed by atoms with E-state index in [0.29, 0.717) is 0 Å². The lowest BCUT2D eigenvalue weighted by Gasteiger charge is -2.33. The van der Waals surface area contributed by atoms with Crippen LogP contribution in [0.5, 0.6) is 0 Å². The Bertz CT molecular complexity index is 178. The highest BCUT2D eigenvalue weighted by Crippen LogP contribution is 2.57. The van der Waals surface area contributed by atoms with Crippen molar-refractivity contribution in [2.24, 2.45) is 17.3 Å². The van der Waals surface area contributed by atoms with E-state index in [4.69, 9.17) is 0 Å². The van der Waals surface area contributed by atoms with Crippen molar-refractivity contribution < 1.29 is 0 Å². The predicted octanol–water partition coefficient (Wildman–Crippen LogP) is 1.79. The van der Waals surface area contributed by atoms with Crippen LogP contribution in [0, 0.1) is 17.3 Å². The van der Waals surface area contributed by atoms with Crippen LogP contribution in [-0.4, -0.2) is 13.1 Å². The summed E-state index contributed by atoms with van der Waals surface area (Å²) in [6.45, 7) is 2.66. The molecule has 2 saturated carbocycles. The second kappa shape index (κ2) is 2.01. The Morgan fingerprint density at radius 3 is 3.36 bits per heavy atom. The SMILES string of the molecule is C1CC2CC3CNCC2(C1)C3. The molecule has 0 amide bonds. The Hall–Kier alpha value is -0.0400. The second-order valence-corrected chi connectivity index (χ2v) is 4.89. The minimum absolute atomic E-state index is 0.795. The Morgan fingerprint density at radius 1 is 1.36 bits per heavy atom. The van der Waals surface area contributed by atoms with E-state index in [0.717, 1.165) is 17.3 Å². The van der Waals surface area contributed by atoms with E-state index in [9.17, 15) is 0 Å². The van der Waals surface area contributed by atoms with Gasteiger partial charge in [0.25, 0.3) is 0 Å². The van der Waals surface area contributed by atoms with Crippen LogP contribution >= 0.6 is 0 Å². The third-order valence-electron chi connectivity index (χ3n) is 4.32. The van der Waals surface area contributed by atoms with Gasteiger partial charge in [0.1, 0.15) is 0 Å². The summed E-state index contributed by atoms with van der Waals surface area (Å²) in [6, 6.07) is 0. The van der Waals surface area contributed by atoms with Crippen molar-refractivity contribution in [2.45, 2.75) is 32.1 Å². The minimum Gasteiger partial charge on any atom is -0.316 e. The minimum atomic E-state index is 0.795. The molecular weight excluding hydrogens is 134 g/mol. The molecule has 1 heteroatoms. The summed E-state index contributed by atoms with van der Waals surface area (Å²) >= 11 is 0. The van der Waals surface area contributed by atoms with Crippen molar-refractivity contribution in [1.82, 2.24) is 5.32 Å². The predicted molar refractivity (Wildman–Crippen MR) is 45.4 cm³/mol. The summed E-state index contributed by atoms with van der Waals surface area (Å²) in [5, 5.41) is 3.61. The largest absolute Gasteiger partial charge is 0.316 e. The molecule has 0 radical (unpaired) electrons. The fourth-order valence-corrected chi connectivity index (χ4v) is 3.89. The Morgan fingerprint density at radius 2 is 2.36 bits per heavy atom. The fourth-order valence-electron chi connectivity index (χ4n) is 3.89. The number of hydrogen-bond donors (Lipinski definition) is 1. The molecule has 2 aliphatic carbocycles. The van der Waals surface area contributed by atoms with Crippen LogP contribution in [0.1, 0.15) is 32.1 Å². The van der Waals surface area contributed by atoms with E-state index in [1.807, 2.05) is 0 Å². The van der Waals surface area contributed by atoms with Crippen molar-refractivity contribution in [3.63, 3.8) is 0 Å². The first-order valence-corrected chi connectivity index (χ1v) is 5.10. The molecule has 3 atom stereocenters. The first-order valence-electron chi connectivity index (χ1n) is 5.10. The maximum absolute atomic E-state index is 3.61. The zero-order valence-corrected chi connectivity index (χ0v) is 7.10. The molecule has 3 fully saturated rings. The van der Waals surface area contributed by atoms with Gasteiger partial charge in [0.15, 0.2) is 0 Å². The lowest BCUT2D eigenvalue weighted by atomic mass is 9.79. The van der Waals surface area contributed by atoms with Crippen molar-refractivity contribution >= 4 is 0 Å². The molecule has 1 heterocycles. The van der Waals surface area contributed by atoms with Gasteiger partial charge in [-0.3, -0.25) is 0 Å². The zero-order chi connectivity index (χ0) is 7.31. The number of fused-ring (bicyclic) bond motifs is 1. The normalized spacial score (nSPS) is 54.5. The number of piperidine rings is 1. The standard InChI is InChI=1S/C10H17N/c1-2-9-4-8-5-10(9,3-1)7-11-6-8/h8-9,11H,1-7H2. The molecular formula is C10H17N. The molecule has 1 saturated heterocycles. The molecule has 3 rings (SSSR count). The lowest BCUT2D eigenvalue weighted by molar-refractivity contribution is 0.203. The first-order chi connectivity index (χ1) is 5.39. The van der Waals surface area contributed by atoms with Crippen molar-refractivity contribution in [3.8, 4) is 0 Å². The third kappa shape index (κ3) is 0.752. The van der Waals surface area contributed by atoms with E-state index in [1.165, 1.54) is 32.4 Å². The van der Waals surface area contributed by atoms with Crippen LogP contribution < -0.4 is 5.32 Å². The van der Waals surface area contributed by atoms with Gasteiger partial charge < -0.3 is 5.32 Å². The van der Waals surface area contributed by atoms with Gasteiger partial charge in [0.05, 0.1) is 0 Å². The Balaban J connectivity index is 1.94. The van der Waals surface area contributed by atoms with E-state index < -0.39 is 0 Å². The second-order valence-electron chi connectivity index (χ2n) is 4.89. The Kier molecular flexibility index (Phi) is 1.18. The van der Waals surface area contributed by atoms with Crippen LogP contribution in [0.3, 0.4) is 0 Å². The van der Waals surface area contributed by atoms with Gasteiger partial charge in [-0.15, -0.1) is 0 Å². The van der Waals surface area contributed by atoms with Gasteiger partial charge in [-0.05, 0) is 49.5 Å². The Labute approximate surface area is 68.6 Å². The van der Waals surface area contributed by atoms with Crippen LogP contribution in [0.2, 0.25) is 0 Å². The molecule has 1 spiro atoms. The van der Waals surface area contributed by atoms with Crippen molar-refractivity contribution in [1.29, 1.82) is 0 Å². The van der Waals surface area contributed by atoms with Crippen molar-refractivity contribution in [2.75, 3.05) is 13.1 Å². The summed E-state index contributed by atoms with van der Waals surface area (Å²) in [4.78, 5) is 0. The highest BCUT2D eigenvalue weighted by atomic mass is 14.9. The van der Waals surface area contributed by atoms with Gasteiger partial charge in [-0.2, -0.15) is 0 Å². The summed E-state index contributed by atoms with van der Waals surface area (Å²) in [5.41, 5.74) is 0.795. The summed E-state index contributed by atoms with van der Waals surface area (Å²) in [5.74, 6) is 2.16. The van der Waals surface area contributed by atoms with Crippen LogP contribution in [0.15, 0.2) is 0 Å². The van der Waals surface area contributed by atoms with Crippen LogP contribution in [-0.2, 0) is 0 Å². The summed E-state index contributed by atoms with van der Waals surface area (Å²) in [7, 11) is 0. The molecule has 2 bridgehead atoms. The van der Waals surface area contributed by atoms with Crippen molar-refractivity contribution in [3.05, 3.63) is 0 Å². The molecule has 0 aromatic heterocycles. The number of hydrogen-bond acceptors (Lipinski definition) is 1. The van der Waals surface area contributed by atoms with E-state index in [1.54, 1.807) is 12.8 Å². The monoisotopic (exact) mass is 151 g/mol. The molecule has 0 aromatic rings. The lowest BCUT2D eigenvalue weighted by Crippen LogP contribution is -2.39. The maximum atomic E-state index is 3.61. The zero-order valence-electron chi connectivity index (χ0n) is 7.10. The average molecular weight is 151 g/mol. The van der Waals surface area contributed by atoms with Gasteiger partial charge in [0.2, 0.25) is 0 Å². The molecule has 3 aliphatic rings. The molecule has 0 aromatic carbocycles. The quantitative estimate of drug-likeness (QED) is 0.556. The maximum Gasteiger partial charge on any atom is 0.00107 e. The summed E-state index contributed by atoms with van der Waals surface area (Å²) in [6.07, 6.45) is 7.69. The highest BCUT2D eigenvalue weighted by Gasteiger charge is 2.51. The number of rotatable bonds is 0. The summed E-state index contributed by atoms with van der Waals surface area (Å²) < 4.78 is 0. The van der Waals surface area contributed by atoms with Crippen LogP contribution in [0.25, 0.3) is 0 Å². The smallest absolute Gasteiger partial charge is 0.00107 e. The molecule has 1 aliphatic heterocycles. The average Bonchev–Trinajstić information content (AvgIpc) is 2.43. The first kappa shape index (κ1) is 6.47. The number of nitrogens with one attached hydrogen (secondary N) is 1. The van der Waals surface area contributed by atoms with Gasteiger partial charge in [-0.1, -0.05) is 6.42 Å². The molecule has 62 valence electrons. The van der Waals surface area contributed by atoms with Gasteiger partial charge in [-0.25, -0.2) is 0 Å². The third-order valence-corrected chi connectivity index (χ3v) is 4.32. The molecule has 1 nitrogen and oxygen atoms in total. The fraction of sp³-hybridized carbons (Fsp3) is 1.00. The van der Waals surface area contributed by atoms with E-state index >= 15 is 0 Å². The van der Waals surface area contributed by atoms with E-state index in [2.05, 4.69) is 5.32 Å². The molecule has 1 N–H and O–H groups in total. The highest BCUT2D eigenvalue weighted by molar-refractivity contribution is 5.03. The van der Waals surface area contributed by atoms with Gasteiger partial charge in [0, 0.05) is 6.54 Å². The van der Waals surface area contributed by atoms with Crippen LogP contribution in [0.4, 0.5) is 0 Å². The topological polar surface area (TPSA) is 12.0 Å².